The van der Waals surface area contributed by atoms with Crippen molar-refractivity contribution in [2.24, 2.45) is 0 Å². The van der Waals surface area contributed by atoms with Crippen LogP contribution in [0.2, 0.25) is 0 Å². The van der Waals surface area contributed by atoms with Crippen molar-refractivity contribution in [3.8, 4) is 5.75 Å². The lowest BCUT2D eigenvalue weighted by atomic mass is 9.94. The molecule has 5 nitrogen and oxygen atoms in total. The van der Waals surface area contributed by atoms with E-state index >= 15 is 0 Å². The molecule has 2 atom stereocenters. The number of hydrogen-bond donors (Lipinski definition) is 2. The summed E-state index contributed by atoms with van der Waals surface area (Å²) in [6, 6.07) is 15.0. The molecule has 1 fully saturated rings. The third-order valence-electron chi connectivity index (χ3n) is 5.62. The average Bonchev–Trinajstić information content (AvgIpc) is 2.73. The number of para-hydroxylation sites is 1. The van der Waals surface area contributed by atoms with E-state index in [1.807, 2.05) is 24.3 Å². The summed E-state index contributed by atoms with van der Waals surface area (Å²) in [5.74, 6) is 0.509. The van der Waals surface area contributed by atoms with Crippen molar-refractivity contribution >= 4 is 11.6 Å². The maximum Gasteiger partial charge on any atom is 0.255 e. The van der Waals surface area contributed by atoms with Gasteiger partial charge in [0.05, 0.1) is 13.2 Å². The number of carbonyl (C=O) groups is 1. The van der Waals surface area contributed by atoms with Crippen LogP contribution in [-0.4, -0.2) is 42.7 Å². The number of ether oxygens (including phenoxy) is 1. The third kappa shape index (κ3) is 5.12. The van der Waals surface area contributed by atoms with E-state index in [0.29, 0.717) is 29.5 Å². The molecule has 0 aliphatic carbocycles. The molecule has 1 amide bonds. The number of benzene rings is 2. The molecular weight excluding hydrogens is 352 g/mol. The zero-order valence-electron chi connectivity index (χ0n) is 16.7. The Morgan fingerprint density at radius 2 is 1.96 bits per heavy atom. The maximum absolute atomic E-state index is 12.6. The molecule has 1 saturated heterocycles. The number of rotatable bonds is 7. The maximum atomic E-state index is 12.6. The van der Waals surface area contributed by atoms with E-state index in [4.69, 9.17) is 4.74 Å². The average molecular weight is 383 g/mol. The third-order valence-corrected chi connectivity index (χ3v) is 5.62. The van der Waals surface area contributed by atoms with Crippen LogP contribution in [0.1, 0.15) is 54.1 Å². The lowest BCUT2D eigenvalue weighted by Crippen LogP contribution is -2.36. The highest BCUT2D eigenvalue weighted by Crippen LogP contribution is 2.29. The summed E-state index contributed by atoms with van der Waals surface area (Å²) >= 11 is 0. The van der Waals surface area contributed by atoms with E-state index in [9.17, 15) is 9.90 Å². The second-order valence-corrected chi connectivity index (χ2v) is 7.49. The van der Waals surface area contributed by atoms with Crippen LogP contribution in [-0.2, 0) is 0 Å². The standard InChI is InChI=1S/C23H30N2O3/c1-25-16-6-5-7-18(25)12-15-22(26)20-8-3-4-9-21(20)24-23(27)17-10-13-19(28-2)14-11-17/h3-4,8-11,13-14,18,22,26H,5-7,12,15-16H2,1-2H3,(H,24,27). The lowest BCUT2D eigenvalue weighted by molar-refractivity contribution is 0.102. The SMILES string of the molecule is COc1ccc(C(=O)Nc2ccccc2C(O)CCC2CCCCN2C)cc1. The van der Waals surface area contributed by atoms with Gasteiger partial charge in [-0.15, -0.1) is 0 Å². The van der Waals surface area contributed by atoms with Crippen molar-refractivity contribution in [2.75, 3.05) is 26.0 Å². The number of aliphatic hydroxyl groups excluding tert-OH is 1. The van der Waals surface area contributed by atoms with Crippen LogP contribution < -0.4 is 10.1 Å². The summed E-state index contributed by atoms with van der Waals surface area (Å²) in [4.78, 5) is 15.0. The molecule has 2 N–H and O–H groups in total. The van der Waals surface area contributed by atoms with E-state index in [1.165, 1.54) is 19.3 Å². The highest BCUT2D eigenvalue weighted by atomic mass is 16.5. The van der Waals surface area contributed by atoms with Gasteiger partial charge in [0.2, 0.25) is 0 Å². The number of carbonyl (C=O) groups excluding carboxylic acids is 1. The molecular formula is C23H30N2O3. The van der Waals surface area contributed by atoms with Crippen molar-refractivity contribution in [1.82, 2.24) is 4.90 Å². The molecule has 2 unspecified atom stereocenters. The van der Waals surface area contributed by atoms with E-state index in [-0.39, 0.29) is 5.91 Å². The van der Waals surface area contributed by atoms with Crippen molar-refractivity contribution in [3.63, 3.8) is 0 Å². The van der Waals surface area contributed by atoms with Gasteiger partial charge >= 0.3 is 0 Å². The first-order valence-corrected chi connectivity index (χ1v) is 10.0. The number of amides is 1. The Morgan fingerprint density at radius 3 is 2.68 bits per heavy atom. The minimum Gasteiger partial charge on any atom is -0.497 e. The molecule has 1 heterocycles. The number of likely N-dealkylation sites (tertiary alicyclic amines) is 1. The first kappa shape index (κ1) is 20.4. The van der Waals surface area contributed by atoms with Gasteiger partial charge in [0.1, 0.15) is 5.75 Å². The molecule has 2 aromatic carbocycles. The normalized spacial score (nSPS) is 18.5. The van der Waals surface area contributed by atoms with E-state index in [0.717, 1.165) is 18.5 Å². The minimum atomic E-state index is -0.595. The van der Waals surface area contributed by atoms with Crippen LogP contribution in [0, 0.1) is 0 Å². The molecule has 0 saturated carbocycles. The van der Waals surface area contributed by atoms with Crippen molar-refractivity contribution < 1.29 is 14.6 Å². The Bertz CT molecular complexity index is 776. The largest absolute Gasteiger partial charge is 0.497 e. The summed E-state index contributed by atoms with van der Waals surface area (Å²) < 4.78 is 5.13. The van der Waals surface area contributed by atoms with Crippen molar-refractivity contribution in [2.45, 2.75) is 44.2 Å². The van der Waals surface area contributed by atoms with Crippen LogP contribution in [0.4, 0.5) is 5.69 Å². The number of nitrogens with one attached hydrogen (secondary N) is 1. The Balaban J connectivity index is 1.65. The van der Waals surface area contributed by atoms with Gasteiger partial charge in [-0.05, 0) is 69.6 Å². The molecule has 0 radical (unpaired) electrons. The summed E-state index contributed by atoms with van der Waals surface area (Å²) in [7, 11) is 3.76. The molecule has 2 aromatic rings. The van der Waals surface area contributed by atoms with E-state index in [2.05, 4.69) is 17.3 Å². The van der Waals surface area contributed by atoms with Crippen LogP contribution in [0.25, 0.3) is 0 Å². The molecule has 1 aliphatic heterocycles. The van der Waals surface area contributed by atoms with Gasteiger partial charge in [-0.25, -0.2) is 0 Å². The second-order valence-electron chi connectivity index (χ2n) is 7.49. The number of methoxy groups -OCH3 is 1. The van der Waals surface area contributed by atoms with Gasteiger partial charge in [-0.3, -0.25) is 4.79 Å². The number of piperidine rings is 1. The molecule has 150 valence electrons. The van der Waals surface area contributed by atoms with Crippen LogP contribution >= 0.6 is 0 Å². The van der Waals surface area contributed by atoms with Gasteiger partial charge in [0.25, 0.3) is 5.91 Å². The Kier molecular flexibility index (Phi) is 7.06. The fraction of sp³-hybridized carbons (Fsp3) is 0.435. The van der Waals surface area contributed by atoms with Crippen LogP contribution in [0.15, 0.2) is 48.5 Å². The number of aliphatic hydroxyl groups is 1. The minimum absolute atomic E-state index is 0.200. The molecule has 0 bridgehead atoms. The zero-order valence-corrected chi connectivity index (χ0v) is 16.7. The van der Waals surface area contributed by atoms with E-state index in [1.54, 1.807) is 31.4 Å². The quantitative estimate of drug-likeness (QED) is 0.752. The molecule has 28 heavy (non-hydrogen) atoms. The fourth-order valence-corrected chi connectivity index (χ4v) is 3.85. The lowest BCUT2D eigenvalue weighted by Gasteiger charge is -2.33. The van der Waals surface area contributed by atoms with E-state index < -0.39 is 6.10 Å². The molecule has 1 aliphatic rings. The highest BCUT2D eigenvalue weighted by Gasteiger charge is 2.21. The molecule has 0 aromatic heterocycles. The number of hydrogen-bond acceptors (Lipinski definition) is 4. The molecule has 3 rings (SSSR count). The predicted octanol–water partition coefficient (Wildman–Crippen LogP) is 4.25. The first-order chi connectivity index (χ1) is 13.6. The predicted molar refractivity (Wildman–Crippen MR) is 112 cm³/mol. The topological polar surface area (TPSA) is 61.8 Å². The molecule has 0 spiro atoms. The second kappa shape index (κ2) is 9.71. The summed E-state index contributed by atoms with van der Waals surface area (Å²) in [5.41, 5.74) is 1.98. The van der Waals surface area contributed by atoms with Crippen molar-refractivity contribution in [3.05, 3.63) is 59.7 Å². The Hall–Kier alpha value is -2.37. The summed E-state index contributed by atoms with van der Waals surface area (Å²) in [6.07, 6.45) is 4.76. The summed E-state index contributed by atoms with van der Waals surface area (Å²) in [5, 5.41) is 13.7. The van der Waals surface area contributed by atoms with Gasteiger partial charge in [0.15, 0.2) is 0 Å². The Labute approximate surface area is 167 Å². The van der Waals surface area contributed by atoms with Gasteiger partial charge in [0, 0.05) is 22.9 Å². The highest BCUT2D eigenvalue weighted by molar-refractivity contribution is 6.04. The smallest absolute Gasteiger partial charge is 0.255 e. The fourth-order valence-electron chi connectivity index (χ4n) is 3.85. The first-order valence-electron chi connectivity index (χ1n) is 10.0. The van der Waals surface area contributed by atoms with Gasteiger partial charge in [-0.1, -0.05) is 24.6 Å². The summed E-state index contributed by atoms with van der Waals surface area (Å²) in [6.45, 7) is 1.13. The van der Waals surface area contributed by atoms with Gasteiger partial charge in [-0.2, -0.15) is 0 Å². The van der Waals surface area contributed by atoms with Crippen LogP contribution in [0.3, 0.4) is 0 Å². The number of nitrogens with zero attached hydrogens (tertiary/aromatic N) is 1. The molecule has 5 heteroatoms. The van der Waals surface area contributed by atoms with Crippen LogP contribution in [0.5, 0.6) is 5.75 Å². The van der Waals surface area contributed by atoms with Crippen molar-refractivity contribution in [1.29, 1.82) is 0 Å². The Morgan fingerprint density at radius 1 is 1.21 bits per heavy atom. The monoisotopic (exact) mass is 382 g/mol. The zero-order chi connectivity index (χ0) is 19.9. The van der Waals surface area contributed by atoms with Gasteiger partial charge < -0.3 is 20.1 Å². The number of anilines is 1.